The van der Waals surface area contributed by atoms with Crippen LogP contribution in [0, 0.1) is 5.82 Å². The standard InChI is InChI=1S/C11H13BrFNS/c1-7-5-14-11(6-15-7)9-4-8(12)2-3-10(9)13/h2-4,7,11,14H,5-6H2,1H3. The van der Waals surface area contributed by atoms with Crippen LogP contribution in [0.5, 0.6) is 0 Å². The maximum Gasteiger partial charge on any atom is 0.128 e. The number of hydrogen-bond donors (Lipinski definition) is 1. The van der Waals surface area contributed by atoms with Crippen molar-refractivity contribution in [3.05, 3.63) is 34.1 Å². The van der Waals surface area contributed by atoms with Crippen molar-refractivity contribution in [3.63, 3.8) is 0 Å². The van der Waals surface area contributed by atoms with E-state index in [2.05, 4.69) is 28.2 Å². The first-order chi connectivity index (χ1) is 7.16. The lowest BCUT2D eigenvalue weighted by Crippen LogP contribution is -2.35. The highest BCUT2D eigenvalue weighted by Gasteiger charge is 2.21. The quantitative estimate of drug-likeness (QED) is 0.851. The van der Waals surface area contributed by atoms with E-state index in [0.717, 1.165) is 22.3 Å². The molecule has 1 aromatic rings. The van der Waals surface area contributed by atoms with Crippen LogP contribution < -0.4 is 5.32 Å². The average molecular weight is 290 g/mol. The average Bonchev–Trinajstić information content (AvgIpc) is 2.23. The summed E-state index contributed by atoms with van der Waals surface area (Å²) in [6.07, 6.45) is 0. The molecule has 1 fully saturated rings. The van der Waals surface area contributed by atoms with E-state index in [9.17, 15) is 4.39 Å². The molecule has 2 atom stereocenters. The number of nitrogens with one attached hydrogen (secondary N) is 1. The molecule has 2 unspecified atom stereocenters. The Bertz CT molecular complexity index is 350. The molecule has 1 saturated heterocycles. The lowest BCUT2D eigenvalue weighted by Gasteiger charge is -2.28. The van der Waals surface area contributed by atoms with Gasteiger partial charge < -0.3 is 5.32 Å². The van der Waals surface area contributed by atoms with Crippen molar-refractivity contribution in [1.82, 2.24) is 5.32 Å². The van der Waals surface area contributed by atoms with Gasteiger partial charge >= 0.3 is 0 Å². The van der Waals surface area contributed by atoms with Gasteiger partial charge in [-0.2, -0.15) is 11.8 Å². The molecule has 2 rings (SSSR count). The molecule has 1 nitrogen and oxygen atoms in total. The zero-order chi connectivity index (χ0) is 10.8. The first-order valence-electron chi connectivity index (χ1n) is 4.97. The Morgan fingerprint density at radius 1 is 1.53 bits per heavy atom. The van der Waals surface area contributed by atoms with Gasteiger partial charge in [0.05, 0.1) is 0 Å². The Kier molecular flexibility index (Phi) is 3.69. The lowest BCUT2D eigenvalue weighted by molar-refractivity contribution is 0.523. The summed E-state index contributed by atoms with van der Waals surface area (Å²) in [6, 6.07) is 5.26. The summed E-state index contributed by atoms with van der Waals surface area (Å²) in [6.45, 7) is 3.13. The zero-order valence-corrected chi connectivity index (χ0v) is 10.9. The highest BCUT2D eigenvalue weighted by Crippen LogP contribution is 2.29. The summed E-state index contributed by atoms with van der Waals surface area (Å²) in [7, 11) is 0. The minimum atomic E-state index is -0.120. The van der Waals surface area contributed by atoms with Gasteiger partial charge in [0, 0.05) is 33.6 Å². The van der Waals surface area contributed by atoms with E-state index in [1.165, 1.54) is 6.07 Å². The second-order valence-electron chi connectivity index (χ2n) is 3.77. The van der Waals surface area contributed by atoms with Crippen molar-refractivity contribution < 1.29 is 4.39 Å². The van der Waals surface area contributed by atoms with E-state index < -0.39 is 0 Å². The van der Waals surface area contributed by atoms with Gasteiger partial charge in [0.2, 0.25) is 0 Å². The molecule has 0 radical (unpaired) electrons. The normalized spacial score (nSPS) is 26.6. The van der Waals surface area contributed by atoms with Gasteiger partial charge in [0.15, 0.2) is 0 Å². The van der Waals surface area contributed by atoms with Crippen LogP contribution in [0.2, 0.25) is 0 Å². The summed E-state index contributed by atoms with van der Waals surface area (Å²) < 4.78 is 14.5. The molecule has 0 amide bonds. The molecule has 1 N–H and O–H groups in total. The van der Waals surface area contributed by atoms with Gasteiger partial charge in [0.1, 0.15) is 5.82 Å². The fourth-order valence-electron chi connectivity index (χ4n) is 1.67. The molecule has 15 heavy (non-hydrogen) atoms. The third-order valence-corrected chi connectivity index (χ3v) is 4.29. The first-order valence-corrected chi connectivity index (χ1v) is 6.81. The highest BCUT2D eigenvalue weighted by molar-refractivity contribution is 9.10. The molecule has 1 aliphatic rings. The van der Waals surface area contributed by atoms with Crippen LogP contribution in [-0.2, 0) is 0 Å². The molecule has 0 bridgehead atoms. The molecule has 1 aliphatic heterocycles. The number of halogens is 2. The van der Waals surface area contributed by atoms with Crippen LogP contribution >= 0.6 is 27.7 Å². The SMILES string of the molecule is CC1CNC(c2cc(Br)ccc2F)CS1. The second-order valence-corrected chi connectivity index (χ2v) is 6.16. The Morgan fingerprint density at radius 2 is 2.33 bits per heavy atom. The predicted molar refractivity (Wildman–Crippen MR) is 66.8 cm³/mol. The molecule has 82 valence electrons. The summed E-state index contributed by atoms with van der Waals surface area (Å²) in [5.41, 5.74) is 0.767. The van der Waals surface area contributed by atoms with Crippen molar-refractivity contribution in [2.24, 2.45) is 0 Å². The van der Waals surface area contributed by atoms with Gasteiger partial charge in [-0.3, -0.25) is 0 Å². The van der Waals surface area contributed by atoms with Crippen LogP contribution in [0.4, 0.5) is 4.39 Å². The van der Waals surface area contributed by atoms with Gasteiger partial charge in [-0.15, -0.1) is 0 Å². The van der Waals surface area contributed by atoms with Gasteiger partial charge in [-0.1, -0.05) is 22.9 Å². The van der Waals surface area contributed by atoms with Crippen LogP contribution in [0.3, 0.4) is 0 Å². The third-order valence-electron chi connectivity index (χ3n) is 2.53. The zero-order valence-electron chi connectivity index (χ0n) is 8.47. The molecule has 1 aromatic carbocycles. The third kappa shape index (κ3) is 2.74. The Morgan fingerprint density at radius 3 is 3.00 bits per heavy atom. The van der Waals surface area contributed by atoms with Gasteiger partial charge in [-0.25, -0.2) is 4.39 Å². The van der Waals surface area contributed by atoms with Crippen molar-refractivity contribution in [3.8, 4) is 0 Å². The van der Waals surface area contributed by atoms with Crippen LogP contribution in [-0.4, -0.2) is 17.5 Å². The molecular formula is C11H13BrFNS. The largest absolute Gasteiger partial charge is 0.308 e. The molecule has 0 spiro atoms. The van der Waals surface area contributed by atoms with Crippen molar-refractivity contribution in [1.29, 1.82) is 0 Å². The molecule has 1 heterocycles. The van der Waals surface area contributed by atoms with Crippen molar-refractivity contribution in [2.75, 3.05) is 12.3 Å². The highest BCUT2D eigenvalue weighted by atomic mass is 79.9. The topological polar surface area (TPSA) is 12.0 Å². The van der Waals surface area contributed by atoms with E-state index in [4.69, 9.17) is 0 Å². The van der Waals surface area contributed by atoms with E-state index in [0.29, 0.717) is 5.25 Å². The van der Waals surface area contributed by atoms with E-state index >= 15 is 0 Å². The second kappa shape index (κ2) is 4.85. The van der Waals surface area contributed by atoms with E-state index in [-0.39, 0.29) is 11.9 Å². The number of benzene rings is 1. The molecular weight excluding hydrogens is 277 g/mol. The van der Waals surface area contributed by atoms with Gasteiger partial charge in [-0.05, 0) is 18.2 Å². The van der Waals surface area contributed by atoms with E-state index in [1.54, 1.807) is 6.07 Å². The van der Waals surface area contributed by atoms with Crippen LogP contribution in [0.1, 0.15) is 18.5 Å². The summed E-state index contributed by atoms with van der Waals surface area (Å²) >= 11 is 5.26. The van der Waals surface area contributed by atoms with Gasteiger partial charge in [0.25, 0.3) is 0 Å². The molecule has 0 saturated carbocycles. The number of hydrogen-bond acceptors (Lipinski definition) is 2. The first kappa shape index (κ1) is 11.4. The number of thioether (sulfide) groups is 1. The maximum absolute atomic E-state index is 13.6. The van der Waals surface area contributed by atoms with Crippen molar-refractivity contribution in [2.45, 2.75) is 18.2 Å². The summed E-state index contributed by atoms with van der Waals surface area (Å²) in [4.78, 5) is 0. The van der Waals surface area contributed by atoms with Crippen LogP contribution in [0.25, 0.3) is 0 Å². The fourth-order valence-corrected chi connectivity index (χ4v) is 3.08. The molecule has 0 aromatic heterocycles. The summed E-state index contributed by atoms with van der Waals surface area (Å²) in [5.74, 6) is 0.819. The fraction of sp³-hybridized carbons (Fsp3) is 0.455. The van der Waals surface area contributed by atoms with Crippen molar-refractivity contribution >= 4 is 27.7 Å². The minimum absolute atomic E-state index is 0.120. The Labute approximate surface area is 102 Å². The van der Waals surface area contributed by atoms with E-state index in [1.807, 2.05) is 17.8 Å². The predicted octanol–water partition coefficient (Wildman–Crippen LogP) is 3.35. The molecule has 4 heteroatoms. The Balaban J connectivity index is 2.18. The minimum Gasteiger partial charge on any atom is -0.308 e. The maximum atomic E-state index is 13.6. The monoisotopic (exact) mass is 289 g/mol. The smallest absolute Gasteiger partial charge is 0.128 e. The Hall–Kier alpha value is -0.0600. The molecule has 0 aliphatic carbocycles. The lowest BCUT2D eigenvalue weighted by atomic mass is 10.1. The van der Waals surface area contributed by atoms with Crippen LogP contribution in [0.15, 0.2) is 22.7 Å². The number of rotatable bonds is 1. The summed E-state index contributed by atoms with van der Waals surface area (Å²) in [5, 5.41) is 3.99.